The molecule has 7 nitrogen and oxygen atoms in total. The maximum Gasteiger partial charge on any atom is 0.287 e. The van der Waals surface area contributed by atoms with E-state index in [-0.39, 0.29) is 10.6 Å². The second-order valence-corrected chi connectivity index (χ2v) is 7.62. The molecule has 0 saturated heterocycles. The average Bonchev–Trinajstić information content (AvgIpc) is 3.09. The monoisotopic (exact) mass is 379 g/mol. The summed E-state index contributed by atoms with van der Waals surface area (Å²) in [6.07, 6.45) is 1.12. The van der Waals surface area contributed by atoms with Crippen LogP contribution in [-0.4, -0.2) is 22.3 Å². The molecule has 0 amide bonds. The van der Waals surface area contributed by atoms with Crippen molar-refractivity contribution in [2.75, 3.05) is 0 Å². The SMILES string of the molecule is O=[N+]([O-])c1ccc(-c2cc3ccccc3n2S(=O)(=O)c2ccccc2)nc1. The number of hydrogen-bond acceptors (Lipinski definition) is 5. The minimum Gasteiger partial charge on any atom is -0.258 e. The predicted molar refractivity (Wildman–Crippen MR) is 101 cm³/mol. The molecule has 0 bridgehead atoms. The number of nitro groups is 1. The van der Waals surface area contributed by atoms with E-state index in [0.29, 0.717) is 16.9 Å². The van der Waals surface area contributed by atoms with Gasteiger partial charge < -0.3 is 0 Å². The van der Waals surface area contributed by atoms with E-state index in [0.717, 1.165) is 11.6 Å². The Morgan fingerprint density at radius 3 is 2.30 bits per heavy atom. The number of nitrogens with zero attached hydrogens (tertiary/aromatic N) is 3. The number of pyridine rings is 1. The molecule has 4 rings (SSSR count). The molecule has 2 aromatic carbocycles. The maximum atomic E-state index is 13.3. The molecule has 0 spiro atoms. The van der Waals surface area contributed by atoms with Crippen molar-refractivity contribution < 1.29 is 13.3 Å². The first-order chi connectivity index (χ1) is 13.0. The highest BCUT2D eigenvalue weighted by molar-refractivity contribution is 7.90. The summed E-state index contributed by atoms with van der Waals surface area (Å²) in [5.41, 5.74) is 1.02. The van der Waals surface area contributed by atoms with E-state index >= 15 is 0 Å². The van der Waals surface area contributed by atoms with Crippen LogP contribution in [0.3, 0.4) is 0 Å². The molecular weight excluding hydrogens is 366 g/mol. The van der Waals surface area contributed by atoms with Gasteiger partial charge in [0.25, 0.3) is 15.7 Å². The number of rotatable bonds is 4. The van der Waals surface area contributed by atoms with Crippen LogP contribution in [0.1, 0.15) is 0 Å². The molecule has 0 aliphatic carbocycles. The minimum atomic E-state index is -3.88. The van der Waals surface area contributed by atoms with Gasteiger partial charge in [-0.15, -0.1) is 0 Å². The van der Waals surface area contributed by atoms with Gasteiger partial charge in [0.1, 0.15) is 6.20 Å². The topological polar surface area (TPSA) is 95.1 Å². The van der Waals surface area contributed by atoms with E-state index in [2.05, 4.69) is 4.98 Å². The van der Waals surface area contributed by atoms with Crippen LogP contribution in [0.2, 0.25) is 0 Å². The molecule has 0 saturated carbocycles. The van der Waals surface area contributed by atoms with Crippen molar-refractivity contribution >= 4 is 26.6 Å². The molecule has 0 N–H and O–H groups in total. The highest BCUT2D eigenvalue weighted by atomic mass is 32.2. The van der Waals surface area contributed by atoms with Gasteiger partial charge in [-0.05, 0) is 30.3 Å². The number of aromatic nitrogens is 2. The Kier molecular flexibility index (Phi) is 3.97. The second-order valence-electron chi connectivity index (χ2n) is 5.83. The van der Waals surface area contributed by atoms with E-state index < -0.39 is 14.9 Å². The summed E-state index contributed by atoms with van der Waals surface area (Å²) >= 11 is 0. The number of para-hydroxylation sites is 1. The predicted octanol–water partition coefficient (Wildman–Crippen LogP) is 3.85. The molecule has 0 fully saturated rings. The summed E-state index contributed by atoms with van der Waals surface area (Å²) in [6, 6.07) is 19.7. The third-order valence-electron chi connectivity index (χ3n) is 4.17. The fourth-order valence-electron chi connectivity index (χ4n) is 2.91. The standard InChI is InChI=1S/C19H13N3O4S/c23-22(24)15-10-11-17(20-13-15)19-12-14-6-4-5-9-18(14)21(19)27(25,26)16-7-2-1-3-8-16/h1-13H. The zero-order valence-corrected chi connectivity index (χ0v) is 14.7. The Balaban J connectivity index is 2.00. The van der Waals surface area contributed by atoms with Crippen LogP contribution in [-0.2, 0) is 10.0 Å². The van der Waals surface area contributed by atoms with Gasteiger partial charge in [-0.2, -0.15) is 0 Å². The number of fused-ring (bicyclic) bond motifs is 1. The lowest BCUT2D eigenvalue weighted by molar-refractivity contribution is -0.385. The van der Waals surface area contributed by atoms with Crippen LogP contribution < -0.4 is 0 Å². The Morgan fingerprint density at radius 2 is 1.63 bits per heavy atom. The van der Waals surface area contributed by atoms with Crippen molar-refractivity contribution in [3.8, 4) is 11.4 Å². The number of benzene rings is 2. The lowest BCUT2D eigenvalue weighted by Crippen LogP contribution is -2.14. The normalized spacial score (nSPS) is 11.6. The van der Waals surface area contributed by atoms with Crippen molar-refractivity contribution in [1.29, 1.82) is 0 Å². The molecular formula is C19H13N3O4S. The van der Waals surface area contributed by atoms with Crippen molar-refractivity contribution in [2.24, 2.45) is 0 Å². The molecule has 8 heteroatoms. The van der Waals surface area contributed by atoms with Crippen LogP contribution in [0.5, 0.6) is 0 Å². The quantitative estimate of drug-likeness (QED) is 0.396. The lowest BCUT2D eigenvalue weighted by atomic mass is 10.2. The summed E-state index contributed by atoms with van der Waals surface area (Å²) in [5.74, 6) is 0. The van der Waals surface area contributed by atoms with Gasteiger partial charge in [0, 0.05) is 11.5 Å². The fourth-order valence-corrected chi connectivity index (χ4v) is 4.45. The van der Waals surface area contributed by atoms with Crippen molar-refractivity contribution in [2.45, 2.75) is 4.90 Å². The third kappa shape index (κ3) is 2.85. The molecule has 4 aromatic rings. The molecule has 0 aliphatic heterocycles. The van der Waals surface area contributed by atoms with E-state index in [4.69, 9.17) is 0 Å². The third-order valence-corrected chi connectivity index (χ3v) is 5.91. The van der Waals surface area contributed by atoms with Crippen LogP contribution in [0.25, 0.3) is 22.3 Å². The van der Waals surface area contributed by atoms with Gasteiger partial charge in [-0.1, -0.05) is 36.4 Å². The Morgan fingerprint density at radius 1 is 0.926 bits per heavy atom. The smallest absolute Gasteiger partial charge is 0.258 e. The van der Waals surface area contributed by atoms with E-state index in [1.165, 1.54) is 28.2 Å². The zero-order valence-electron chi connectivity index (χ0n) is 13.9. The van der Waals surface area contributed by atoms with Crippen LogP contribution >= 0.6 is 0 Å². The van der Waals surface area contributed by atoms with Gasteiger partial charge in [0.2, 0.25) is 0 Å². The summed E-state index contributed by atoms with van der Waals surface area (Å²) in [6.45, 7) is 0. The van der Waals surface area contributed by atoms with Crippen molar-refractivity contribution in [3.05, 3.63) is 89.1 Å². The van der Waals surface area contributed by atoms with Crippen molar-refractivity contribution in [3.63, 3.8) is 0 Å². The maximum absolute atomic E-state index is 13.3. The second kappa shape index (κ2) is 6.33. The summed E-state index contributed by atoms with van der Waals surface area (Å²) in [4.78, 5) is 14.6. The highest BCUT2D eigenvalue weighted by Crippen LogP contribution is 2.31. The van der Waals surface area contributed by atoms with Gasteiger partial charge in [-0.25, -0.2) is 17.4 Å². The molecule has 27 heavy (non-hydrogen) atoms. The summed E-state index contributed by atoms with van der Waals surface area (Å²) in [5, 5.41) is 11.6. The van der Waals surface area contributed by atoms with Crippen LogP contribution in [0.4, 0.5) is 5.69 Å². The van der Waals surface area contributed by atoms with Crippen LogP contribution in [0, 0.1) is 10.1 Å². The summed E-state index contributed by atoms with van der Waals surface area (Å²) in [7, 11) is -3.88. The van der Waals surface area contributed by atoms with Crippen LogP contribution in [0.15, 0.2) is 83.9 Å². The minimum absolute atomic E-state index is 0.148. The lowest BCUT2D eigenvalue weighted by Gasteiger charge is -2.11. The fraction of sp³-hybridized carbons (Fsp3) is 0. The Labute approximate surface area is 154 Å². The molecule has 0 unspecified atom stereocenters. The van der Waals surface area contributed by atoms with Gasteiger partial charge in [0.05, 0.1) is 26.7 Å². The molecule has 134 valence electrons. The molecule has 2 heterocycles. The molecule has 0 atom stereocenters. The molecule has 2 aromatic heterocycles. The first-order valence-electron chi connectivity index (χ1n) is 8.00. The van der Waals surface area contributed by atoms with Gasteiger partial charge in [-0.3, -0.25) is 10.1 Å². The van der Waals surface area contributed by atoms with E-state index in [9.17, 15) is 18.5 Å². The molecule has 0 aliphatic rings. The highest BCUT2D eigenvalue weighted by Gasteiger charge is 2.24. The van der Waals surface area contributed by atoms with Crippen molar-refractivity contribution in [1.82, 2.24) is 8.96 Å². The van der Waals surface area contributed by atoms with Gasteiger partial charge >= 0.3 is 0 Å². The first kappa shape index (κ1) is 16.9. The van der Waals surface area contributed by atoms with Gasteiger partial charge in [0.15, 0.2) is 0 Å². The van der Waals surface area contributed by atoms with E-state index in [1.807, 2.05) is 6.07 Å². The number of hydrogen-bond donors (Lipinski definition) is 0. The largest absolute Gasteiger partial charge is 0.287 e. The summed E-state index contributed by atoms with van der Waals surface area (Å²) < 4.78 is 27.8. The first-order valence-corrected chi connectivity index (χ1v) is 9.44. The molecule has 0 radical (unpaired) electrons. The zero-order chi connectivity index (χ0) is 19.0. The van der Waals surface area contributed by atoms with E-state index in [1.54, 1.807) is 42.5 Å². The average molecular weight is 379 g/mol. The Hall–Kier alpha value is -3.52. The Bertz CT molecular complexity index is 1250.